The minimum absolute atomic E-state index is 0.0259. The minimum Gasteiger partial charge on any atom is -0.496 e. The lowest BCUT2D eigenvalue weighted by Crippen LogP contribution is -2.32. The van der Waals surface area contributed by atoms with Crippen LogP contribution in [0.15, 0.2) is 29.8 Å². The number of carbonyl (C=O) groups is 1. The summed E-state index contributed by atoms with van der Waals surface area (Å²) in [4.78, 5) is 13.7. The van der Waals surface area contributed by atoms with Gasteiger partial charge in [-0.2, -0.15) is 0 Å². The van der Waals surface area contributed by atoms with Crippen LogP contribution in [0.1, 0.15) is 111 Å². The van der Waals surface area contributed by atoms with Crippen LogP contribution in [0.2, 0.25) is 0 Å². The van der Waals surface area contributed by atoms with E-state index < -0.39 is 6.10 Å². The summed E-state index contributed by atoms with van der Waals surface area (Å²) in [5, 5.41) is 0. The van der Waals surface area contributed by atoms with Crippen molar-refractivity contribution in [1.82, 2.24) is 0 Å². The Morgan fingerprint density at radius 2 is 1.65 bits per heavy atom. The number of aryl methyl sites for hydroxylation is 2. The maximum atomic E-state index is 13.7. The molecular weight excluding hydrogens is 500 g/mol. The standard InChI is InChI=1S/C34H50N2O4/c1-21(11-10-17-33(4,5)35)12-14-26-25(15-13-22(2)31(26)38-8)28-20-27(37)30-29(40-28)19-23(3)24(32(30)39-9)16-18-34(6,7)36/h12-13,15,19,28H,10-11,14,16-18,20,35-36H2,1-9H3/b21-12+/t28-/m0/s1. The third kappa shape index (κ3) is 7.88. The van der Waals surface area contributed by atoms with Crippen molar-refractivity contribution in [3.05, 3.63) is 63.2 Å². The normalized spacial score (nSPS) is 16.0. The molecule has 0 bridgehead atoms. The molecule has 0 radical (unpaired) electrons. The zero-order valence-electron chi connectivity index (χ0n) is 26.1. The van der Waals surface area contributed by atoms with Crippen LogP contribution in [-0.2, 0) is 12.8 Å². The number of rotatable bonds is 12. The third-order valence-corrected chi connectivity index (χ3v) is 7.80. The van der Waals surface area contributed by atoms with E-state index >= 15 is 0 Å². The van der Waals surface area contributed by atoms with E-state index in [1.807, 2.05) is 39.8 Å². The Kier molecular flexibility index (Phi) is 10.1. The molecule has 3 rings (SSSR count). The first-order valence-electron chi connectivity index (χ1n) is 14.4. The first kappa shape index (κ1) is 31.7. The number of hydrogen-bond donors (Lipinski definition) is 2. The smallest absolute Gasteiger partial charge is 0.174 e. The molecule has 0 aromatic heterocycles. The zero-order valence-corrected chi connectivity index (χ0v) is 26.1. The van der Waals surface area contributed by atoms with Gasteiger partial charge >= 0.3 is 0 Å². The Labute approximate surface area is 241 Å². The van der Waals surface area contributed by atoms with Crippen molar-refractivity contribution in [3.63, 3.8) is 0 Å². The van der Waals surface area contributed by atoms with Gasteiger partial charge in [0.25, 0.3) is 0 Å². The highest BCUT2D eigenvalue weighted by Gasteiger charge is 2.34. The fraction of sp³-hybridized carbons (Fsp3) is 0.559. The van der Waals surface area contributed by atoms with Crippen molar-refractivity contribution in [3.8, 4) is 17.2 Å². The highest BCUT2D eigenvalue weighted by Crippen LogP contribution is 2.45. The van der Waals surface area contributed by atoms with Crippen LogP contribution in [0.4, 0.5) is 0 Å². The Morgan fingerprint density at radius 1 is 1.00 bits per heavy atom. The lowest BCUT2D eigenvalue weighted by atomic mass is 9.87. The van der Waals surface area contributed by atoms with Gasteiger partial charge < -0.3 is 25.7 Å². The molecule has 0 spiro atoms. The Hall–Kier alpha value is -2.83. The van der Waals surface area contributed by atoms with E-state index in [4.69, 9.17) is 25.7 Å². The molecular formula is C34H50N2O4. The SMILES string of the molecule is COc1c(C)ccc([C@@H]2CC(=O)c3c(cc(C)c(CCC(C)(C)N)c3OC)O2)c1C/C=C(\C)CCCC(C)(C)N. The number of ketones is 1. The van der Waals surface area contributed by atoms with E-state index in [0.29, 0.717) is 23.5 Å². The zero-order chi connectivity index (χ0) is 29.8. The number of fused-ring (bicyclic) bond motifs is 1. The van der Waals surface area contributed by atoms with Crippen LogP contribution in [0, 0.1) is 13.8 Å². The number of methoxy groups -OCH3 is 2. The van der Waals surface area contributed by atoms with Gasteiger partial charge in [-0.1, -0.05) is 23.8 Å². The summed E-state index contributed by atoms with van der Waals surface area (Å²) in [5.74, 6) is 2.06. The number of nitrogens with two attached hydrogens (primary N) is 2. The predicted octanol–water partition coefficient (Wildman–Crippen LogP) is 7.09. The van der Waals surface area contributed by atoms with Crippen LogP contribution in [0.3, 0.4) is 0 Å². The topological polar surface area (TPSA) is 96.8 Å². The number of Topliss-reactive ketones (excluding diaryl/α,β-unsaturated/α-hetero) is 1. The lowest BCUT2D eigenvalue weighted by Gasteiger charge is -2.30. The molecule has 1 heterocycles. The van der Waals surface area contributed by atoms with Crippen molar-refractivity contribution in [2.75, 3.05) is 14.2 Å². The van der Waals surface area contributed by atoms with Crippen LogP contribution in [-0.4, -0.2) is 31.1 Å². The fourth-order valence-corrected chi connectivity index (χ4v) is 5.53. The van der Waals surface area contributed by atoms with Crippen molar-refractivity contribution in [2.24, 2.45) is 11.5 Å². The molecule has 6 heteroatoms. The molecule has 1 aliphatic heterocycles. The summed E-state index contributed by atoms with van der Waals surface area (Å²) in [5.41, 5.74) is 19.0. The average Bonchev–Trinajstić information content (AvgIpc) is 2.84. The van der Waals surface area contributed by atoms with Crippen LogP contribution in [0.25, 0.3) is 0 Å². The second-order valence-electron chi connectivity index (χ2n) is 12.9. The van der Waals surface area contributed by atoms with E-state index in [0.717, 1.165) is 65.7 Å². The molecule has 0 fully saturated rings. The Morgan fingerprint density at radius 3 is 2.25 bits per heavy atom. The van der Waals surface area contributed by atoms with Gasteiger partial charge in [0.15, 0.2) is 5.78 Å². The molecule has 6 nitrogen and oxygen atoms in total. The van der Waals surface area contributed by atoms with E-state index in [1.54, 1.807) is 14.2 Å². The van der Waals surface area contributed by atoms with Crippen molar-refractivity contribution < 1.29 is 19.0 Å². The molecule has 2 aromatic carbocycles. The molecule has 0 aliphatic carbocycles. The van der Waals surface area contributed by atoms with E-state index in [-0.39, 0.29) is 23.3 Å². The van der Waals surface area contributed by atoms with Gasteiger partial charge in [0.1, 0.15) is 28.9 Å². The van der Waals surface area contributed by atoms with Gasteiger partial charge in [0.05, 0.1) is 20.6 Å². The van der Waals surface area contributed by atoms with Gasteiger partial charge in [0, 0.05) is 16.6 Å². The average molecular weight is 551 g/mol. The molecule has 1 atom stereocenters. The van der Waals surface area contributed by atoms with Crippen LogP contribution >= 0.6 is 0 Å². The van der Waals surface area contributed by atoms with Gasteiger partial charge in [0.2, 0.25) is 0 Å². The highest BCUT2D eigenvalue weighted by atomic mass is 16.5. The van der Waals surface area contributed by atoms with Gasteiger partial charge in [-0.3, -0.25) is 4.79 Å². The summed E-state index contributed by atoms with van der Waals surface area (Å²) in [6, 6.07) is 6.11. The first-order valence-corrected chi connectivity index (χ1v) is 14.4. The molecule has 4 N–H and O–H groups in total. The second kappa shape index (κ2) is 12.8. The number of benzene rings is 2. The number of ether oxygens (including phenoxy) is 3. The molecule has 0 unspecified atom stereocenters. The lowest BCUT2D eigenvalue weighted by molar-refractivity contribution is 0.0843. The third-order valence-electron chi connectivity index (χ3n) is 7.80. The largest absolute Gasteiger partial charge is 0.496 e. The molecule has 1 aliphatic rings. The van der Waals surface area contributed by atoms with E-state index in [2.05, 4.69) is 32.9 Å². The summed E-state index contributed by atoms with van der Waals surface area (Å²) in [6.45, 7) is 14.4. The molecule has 2 aromatic rings. The van der Waals surface area contributed by atoms with Crippen LogP contribution < -0.4 is 25.7 Å². The van der Waals surface area contributed by atoms with E-state index in [1.165, 1.54) is 5.57 Å². The predicted molar refractivity (Wildman–Crippen MR) is 164 cm³/mol. The number of allylic oxidation sites excluding steroid dienone is 2. The maximum absolute atomic E-state index is 13.7. The summed E-state index contributed by atoms with van der Waals surface area (Å²) >= 11 is 0. The molecule has 0 saturated carbocycles. The summed E-state index contributed by atoms with van der Waals surface area (Å²) in [7, 11) is 3.33. The fourth-order valence-electron chi connectivity index (χ4n) is 5.53. The Balaban J connectivity index is 1.95. The van der Waals surface area contributed by atoms with E-state index in [9.17, 15) is 4.79 Å². The highest BCUT2D eigenvalue weighted by molar-refractivity contribution is 6.03. The van der Waals surface area contributed by atoms with Gasteiger partial charge in [-0.15, -0.1) is 0 Å². The monoisotopic (exact) mass is 550 g/mol. The van der Waals surface area contributed by atoms with Gasteiger partial charge in [-0.25, -0.2) is 0 Å². The first-order chi connectivity index (χ1) is 18.6. The van der Waals surface area contributed by atoms with Crippen molar-refractivity contribution >= 4 is 5.78 Å². The van der Waals surface area contributed by atoms with Crippen LogP contribution in [0.5, 0.6) is 17.2 Å². The minimum atomic E-state index is -0.408. The number of carbonyl (C=O) groups excluding carboxylic acids is 1. The maximum Gasteiger partial charge on any atom is 0.174 e. The molecule has 40 heavy (non-hydrogen) atoms. The Bertz CT molecular complexity index is 1250. The quantitative estimate of drug-likeness (QED) is 0.274. The van der Waals surface area contributed by atoms with Crippen molar-refractivity contribution in [1.29, 1.82) is 0 Å². The summed E-state index contributed by atoms with van der Waals surface area (Å²) in [6.07, 6.45) is 7.33. The molecule has 0 saturated heterocycles. The summed E-state index contributed by atoms with van der Waals surface area (Å²) < 4.78 is 18.3. The van der Waals surface area contributed by atoms with Gasteiger partial charge in [-0.05, 0) is 115 Å². The molecule has 220 valence electrons. The van der Waals surface area contributed by atoms with Crippen molar-refractivity contribution in [2.45, 2.75) is 111 Å². The second-order valence-corrected chi connectivity index (χ2v) is 12.9. The molecule has 0 amide bonds. The number of hydrogen-bond acceptors (Lipinski definition) is 6.